The van der Waals surface area contributed by atoms with Crippen LogP contribution in [0.2, 0.25) is 0 Å². The molecule has 8 nitrogen and oxygen atoms in total. The van der Waals surface area contributed by atoms with Crippen LogP contribution in [0.15, 0.2) is 42.9 Å². The van der Waals surface area contributed by atoms with Gasteiger partial charge in [-0.3, -0.25) is 0 Å². The fourth-order valence-electron chi connectivity index (χ4n) is 3.68. The summed E-state index contributed by atoms with van der Waals surface area (Å²) in [5.41, 5.74) is 2.64. The van der Waals surface area contributed by atoms with Gasteiger partial charge < -0.3 is 9.47 Å². The summed E-state index contributed by atoms with van der Waals surface area (Å²) in [5, 5.41) is 0. The van der Waals surface area contributed by atoms with Crippen molar-refractivity contribution < 1.29 is 8.42 Å². The van der Waals surface area contributed by atoms with E-state index < -0.39 is 10.0 Å². The number of fused-ring (bicyclic) bond motifs is 1. The quantitative estimate of drug-likeness (QED) is 0.726. The lowest BCUT2D eigenvalue weighted by molar-refractivity contribution is 0.408. The molecule has 1 aliphatic rings. The molecule has 0 radical (unpaired) electrons. The lowest BCUT2D eigenvalue weighted by Gasteiger charge is -2.38. The molecule has 3 heterocycles. The van der Waals surface area contributed by atoms with Crippen LogP contribution in [0.5, 0.6) is 0 Å². The van der Waals surface area contributed by atoms with Gasteiger partial charge in [-0.2, -0.15) is 4.98 Å². The number of hydrogen-bond acceptors (Lipinski definition) is 6. The van der Waals surface area contributed by atoms with Crippen molar-refractivity contribution >= 4 is 27.1 Å². The van der Waals surface area contributed by atoms with Gasteiger partial charge in [-0.05, 0) is 12.0 Å². The van der Waals surface area contributed by atoms with E-state index >= 15 is 0 Å². The Morgan fingerprint density at radius 1 is 1.19 bits per heavy atom. The smallest absolute Gasteiger partial charge is 0.227 e. The number of aromatic nitrogens is 4. The number of sulfonamides is 1. The maximum Gasteiger partial charge on any atom is 0.227 e. The Bertz CT molecular complexity index is 1050. The summed E-state index contributed by atoms with van der Waals surface area (Å²) in [7, 11) is -1.44. The minimum absolute atomic E-state index is 0.107. The average molecular weight is 386 g/mol. The van der Waals surface area contributed by atoms with E-state index in [-0.39, 0.29) is 12.0 Å². The fraction of sp³-hybridized carbons (Fsp3) is 0.389. The van der Waals surface area contributed by atoms with Gasteiger partial charge in [0, 0.05) is 32.1 Å². The maximum atomic E-state index is 11.9. The van der Waals surface area contributed by atoms with E-state index in [0.29, 0.717) is 18.1 Å². The molecule has 27 heavy (non-hydrogen) atoms. The van der Waals surface area contributed by atoms with Crippen LogP contribution < -0.4 is 9.62 Å². The third-order valence-electron chi connectivity index (χ3n) is 4.96. The van der Waals surface area contributed by atoms with Gasteiger partial charge in [-0.25, -0.2) is 23.1 Å². The predicted molar refractivity (Wildman–Crippen MR) is 104 cm³/mol. The number of anilines is 1. The first kappa shape index (κ1) is 17.9. The second-order valence-corrected chi connectivity index (χ2v) is 8.76. The molecule has 0 bridgehead atoms. The molecule has 9 heteroatoms. The molecule has 0 spiro atoms. The van der Waals surface area contributed by atoms with Crippen LogP contribution in [-0.4, -0.2) is 53.3 Å². The monoisotopic (exact) mass is 386 g/mol. The lowest BCUT2D eigenvalue weighted by Crippen LogP contribution is -2.51. The summed E-state index contributed by atoms with van der Waals surface area (Å²) in [5.74, 6) is 0.684. The second-order valence-electron chi connectivity index (χ2n) is 6.98. The molecule has 1 saturated heterocycles. The fourth-order valence-corrected chi connectivity index (χ4v) is 4.47. The van der Waals surface area contributed by atoms with Crippen molar-refractivity contribution in [3.63, 3.8) is 0 Å². The van der Waals surface area contributed by atoms with Crippen molar-refractivity contribution in [2.75, 3.05) is 24.2 Å². The van der Waals surface area contributed by atoms with E-state index in [2.05, 4.69) is 19.7 Å². The number of piperidine rings is 1. The van der Waals surface area contributed by atoms with Crippen LogP contribution in [-0.2, 0) is 17.1 Å². The zero-order valence-electron chi connectivity index (χ0n) is 15.3. The van der Waals surface area contributed by atoms with Gasteiger partial charge in [0.05, 0.1) is 18.8 Å². The topological polar surface area (TPSA) is 93.0 Å². The Balaban J connectivity index is 1.63. The SMILES string of the molecule is Cn1cnc2nc(N3CC[C@@H](c4ccccc4)[C@@H](NS(C)(=O)=O)C3)ncc21. The Kier molecular flexibility index (Phi) is 4.56. The molecule has 3 aromatic rings. The molecule has 2 atom stereocenters. The summed E-state index contributed by atoms with van der Waals surface area (Å²) in [6.45, 7) is 1.25. The number of aryl methyl sites for hydroxylation is 1. The molecular weight excluding hydrogens is 364 g/mol. The molecule has 1 aliphatic heterocycles. The van der Waals surface area contributed by atoms with Gasteiger partial charge in [0.25, 0.3) is 0 Å². The van der Waals surface area contributed by atoms with Crippen molar-refractivity contribution in [2.24, 2.45) is 7.05 Å². The number of nitrogens with zero attached hydrogens (tertiary/aromatic N) is 5. The summed E-state index contributed by atoms with van der Waals surface area (Å²) in [6, 6.07) is 9.78. The highest BCUT2D eigenvalue weighted by Gasteiger charge is 2.33. The lowest BCUT2D eigenvalue weighted by atomic mass is 9.86. The zero-order valence-corrected chi connectivity index (χ0v) is 16.1. The minimum Gasteiger partial charge on any atom is -0.339 e. The van der Waals surface area contributed by atoms with Crippen LogP contribution in [0.3, 0.4) is 0 Å². The molecule has 0 aliphatic carbocycles. The Hall–Kier alpha value is -2.52. The summed E-state index contributed by atoms with van der Waals surface area (Å²) in [6.07, 6.45) is 5.47. The highest BCUT2D eigenvalue weighted by molar-refractivity contribution is 7.88. The van der Waals surface area contributed by atoms with Crippen LogP contribution in [0, 0.1) is 0 Å². The molecule has 1 aromatic carbocycles. The predicted octanol–water partition coefficient (Wildman–Crippen LogP) is 1.27. The molecule has 1 fully saturated rings. The average Bonchev–Trinajstić information content (AvgIpc) is 3.01. The molecule has 4 rings (SSSR count). The summed E-state index contributed by atoms with van der Waals surface area (Å²) < 4.78 is 28.5. The van der Waals surface area contributed by atoms with Gasteiger partial charge in [0.2, 0.25) is 16.0 Å². The van der Waals surface area contributed by atoms with E-state index in [1.165, 1.54) is 6.26 Å². The second kappa shape index (κ2) is 6.90. The molecule has 142 valence electrons. The van der Waals surface area contributed by atoms with Crippen LogP contribution in [0.4, 0.5) is 5.95 Å². The van der Waals surface area contributed by atoms with E-state index in [9.17, 15) is 8.42 Å². The van der Waals surface area contributed by atoms with Crippen LogP contribution in [0.1, 0.15) is 17.9 Å². The molecule has 1 N–H and O–H groups in total. The standard InChI is InChI=1S/C18H22N6O2S/c1-23-12-20-17-16(23)10-19-18(21-17)24-9-8-14(13-6-4-3-5-7-13)15(11-24)22-27(2,25)26/h3-7,10,12,14-15,22H,8-9,11H2,1-2H3/t14-,15-/m0/s1. The molecule has 0 saturated carbocycles. The normalized spacial score (nSPS) is 20.9. The first-order valence-corrected chi connectivity index (χ1v) is 10.7. The highest BCUT2D eigenvalue weighted by atomic mass is 32.2. The minimum atomic E-state index is -3.33. The third-order valence-corrected chi connectivity index (χ3v) is 5.69. The van der Waals surface area contributed by atoms with E-state index in [1.54, 1.807) is 12.5 Å². The van der Waals surface area contributed by atoms with E-state index in [0.717, 1.165) is 24.0 Å². The maximum absolute atomic E-state index is 11.9. The van der Waals surface area contributed by atoms with Gasteiger partial charge >= 0.3 is 0 Å². The molecule has 0 unspecified atom stereocenters. The summed E-state index contributed by atoms with van der Waals surface area (Å²) in [4.78, 5) is 15.3. The van der Waals surface area contributed by atoms with Crippen LogP contribution >= 0.6 is 0 Å². The van der Waals surface area contributed by atoms with E-state index in [1.807, 2.05) is 46.8 Å². The zero-order chi connectivity index (χ0) is 19.0. The highest BCUT2D eigenvalue weighted by Crippen LogP contribution is 2.30. The summed E-state index contributed by atoms with van der Waals surface area (Å²) >= 11 is 0. The van der Waals surface area contributed by atoms with Crippen molar-refractivity contribution in [2.45, 2.75) is 18.4 Å². The number of rotatable bonds is 4. The van der Waals surface area contributed by atoms with Crippen LogP contribution in [0.25, 0.3) is 11.2 Å². The molecular formula is C18H22N6O2S. The van der Waals surface area contributed by atoms with Crippen molar-refractivity contribution in [1.82, 2.24) is 24.2 Å². The number of imidazole rings is 1. The van der Waals surface area contributed by atoms with E-state index in [4.69, 9.17) is 0 Å². The van der Waals surface area contributed by atoms with Gasteiger partial charge in [-0.15, -0.1) is 0 Å². The van der Waals surface area contributed by atoms with Crippen molar-refractivity contribution in [1.29, 1.82) is 0 Å². The Morgan fingerprint density at radius 3 is 2.70 bits per heavy atom. The molecule has 2 aromatic heterocycles. The molecule has 0 amide bonds. The Morgan fingerprint density at radius 2 is 1.96 bits per heavy atom. The first-order chi connectivity index (χ1) is 12.9. The van der Waals surface area contributed by atoms with Gasteiger partial charge in [0.15, 0.2) is 5.65 Å². The third kappa shape index (κ3) is 3.79. The largest absolute Gasteiger partial charge is 0.339 e. The van der Waals surface area contributed by atoms with Gasteiger partial charge in [-0.1, -0.05) is 30.3 Å². The first-order valence-electron chi connectivity index (χ1n) is 8.82. The van der Waals surface area contributed by atoms with Crippen molar-refractivity contribution in [3.05, 3.63) is 48.4 Å². The number of nitrogens with one attached hydrogen (secondary N) is 1. The number of benzene rings is 1. The van der Waals surface area contributed by atoms with Crippen molar-refractivity contribution in [3.8, 4) is 0 Å². The Labute approximate surface area is 158 Å². The number of hydrogen-bond donors (Lipinski definition) is 1. The van der Waals surface area contributed by atoms with Gasteiger partial charge in [0.1, 0.15) is 5.52 Å².